The molecule has 0 saturated heterocycles. The smallest absolute Gasteiger partial charge is 0.00585 e. The van der Waals surface area contributed by atoms with Crippen LogP contribution in [0.5, 0.6) is 0 Å². The van der Waals surface area contributed by atoms with E-state index in [4.69, 9.17) is 0 Å². The van der Waals surface area contributed by atoms with E-state index >= 15 is 0 Å². The van der Waals surface area contributed by atoms with Gasteiger partial charge in [0.25, 0.3) is 0 Å². The van der Waals surface area contributed by atoms with Crippen molar-refractivity contribution in [3.63, 3.8) is 0 Å². The Morgan fingerprint density at radius 3 is 1.35 bits per heavy atom. The van der Waals surface area contributed by atoms with E-state index in [9.17, 15) is 0 Å². The fourth-order valence-corrected chi connectivity index (χ4v) is 4.40. The highest BCUT2D eigenvalue weighted by atomic mass is 14.3. The summed E-state index contributed by atoms with van der Waals surface area (Å²) in [5.74, 6) is 0. The number of benzene rings is 4. The van der Waals surface area contributed by atoms with E-state index in [1.165, 1.54) is 43.4 Å². The average molecular weight is 341 g/mol. The zero-order valence-electron chi connectivity index (χ0n) is 16.8. The topological polar surface area (TPSA) is 0 Å². The van der Waals surface area contributed by atoms with E-state index in [0.717, 1.165) is 0 Å². The number of fused-ring (bicyclic) bond motifs is 6. The molecule has 0 bridgehead atoms. The highest BCUT2D eigenvalue weighted by Crippen LogP contribution is 2.44. The van der Waals surface area contributed by atoms with E-state index in [1.54, 1.807) is 0 Å². The first-order valence-electron chi connectivity index (χ1n) is 9.57. The van der Waals surface area contributed by atoms with Gasteiger partial charge in [-0.2, -0.15) is 0 Å². The first-order valence-corrected chi connectivity index (χ1v) is 9.57. The molecule has 0 aliphatic carbocycles. The van der Waals surface area contributed by atoms with E-state index in [-0.39, 0.29) is 10.8 Å². The van der Waals surface area contributed by atoms with Crippen molar-refractivity contribution in [1.29, 1.82) is 0 Å². The quantitative estimate of drug-likeness (QED) is 0.287. The molecule has 0 heteroatoms. The molecule has 0 unspecified atom stereocenters. The van der Waals surface area contributed by atoms with E-state index in [2.05, 4.69) is 102 Å². The van der Waals surface area contributed by atoms with Crippen molar-refractivity contribution >= 4 is 32.3 Å². The zero-order valence-corrected chi connectivity index (χ0v) is 16.8. The summed E-state index contributed by atoms with van der Waals surface area (Å²) < 4.78 is 0. The van der Waals surface area contributed by atoms with Gasteiger partial charge in [-0.05, 0) is 54.3 Å². The normalized spacial score (nSPS) is 13.0. The van der Waals surface area contributed by atoms with Crippen LogP contribution in [0.25, 0.3) is 32.3 Å². The molecule has 0 nitrogen and oxygen atoms in total. The molecule has 0 aromatic heterocycles. The Morgan fingerprint density at radius 1 is 0.462 bits per heavy atom. The van der Waals surface area contributed by atoms with Gasteiger partial charge in [-0.1, -0.05) is 102 Å². The molecule has 4 aromatic carbocycles. The Morgan fingerprint density at radius 2 is 0.885 bits per heavy atom. The number of hydrogen-bond donors (Lipinski definition) is 0. The predicted molar refractivity (Wildman–Crippen MR) is 116 cm³/mol. The molecule has 0 radical (unpaired) electrons. The predicted octanol–water partition coefficient (Wildman–Crippen LogP) is 7.74. The van der Waals surface area contributed by atoms with E-state index in [1.807, 2.05) is 0 Å². The fraction of sp³-hybridized carbons (Fsp3) is 0.308. The van der Waals surface area contributed by atoms with Crippen LogP contribution < -0.4 is 0 Å². The minimum absolute atomic E-state index is 0.0767. The number of hydrogen-bond acceptors (Lipinski definition) is 0. The highest BCUT2D eigenvalue weighted by molar-refractivity contribution is 6.26. The molecule has 0 saturated carbocycles. The summed E-state index contributed by atoms with van der Waals surface area (Å²) >= 11 is 0. The molecule has 0 N–H and O–H groups in total. The second kappa shape index (κ2) is 5.58. The Balaban J connectivity index is 2.38. The van der Waals surface area contributed by atoms with Crippen LogP contribution in [0.2, 0.25) is 0 Å². The second-order valence-corrected chi connectivity index (χ2v) is 9.50. The zero-order chi connectivity index (χ0) is 18.7. The van der Waals surface area contributed by atoms with Crippen LogP contribution in [-0.2, 0) is 10.8 Å². The lowest BCUT2D eigenvalue weighted by atomic mass is 9.72. The van der Waals surface area contributed by atoms with Crippen molar-refractivity contribution in [2.75, 3.05) is 0 Å². The average Bonchev–Trinajstić information content (AvgIpc) is 2.59. The first-order chi connectivity index (χ1) is 12.2. The Hall–Kier alpha value is -2.34. The maximum Gasteiger partial charge on any atom is -0.00585 e. The Bertz CT molecular complexity index is 1100. The SMILES string of the molecule is CC(C)(C)c1ccc2c3ccccc3c3ccccc3c2c1C(C)(C)C. The van der Waals surface area contributed by atoms with Crippen LogP contribution in [-0.4, -0.2) is 0 Å². The summed E-state index contributed by atoms with van der Waals surface area (Å²) in [5, 5.41) is 8.23. The van der Waals surface area contributed by atoms with E-state index in [0.29, 0.717) is 0 Å². The maximum absolute atomic E-state index is 2.37. The Labute approximate surface area is 156 Å². The lowest BCUT2D eigenvalue weighted by Gasteiger charge is -2.32. The van der Waals surface area contributed by atoms with Crippen LogP contribution in [0, 0.1) is 0 Å². The summed E-state index contributed by atoms with van der Waals surface area (Å²) in [5.41, 5.74) is 3.14. The summed E-state index contributed by atoms with van der Waals surface area (Å²) in [4.78, 5) is 0. The maximum atomic E-state index is 2.37. The molecular weight excluding hydrogens is 312 g/mol. The van der Waals surface area contributed by atoms with Crippen LogP contribution in [0.3, 0.4) is 0 Å². The molecule has 0 heterocycles. The van der Waals surface area contributed by atoms with Crippen LogP contribution in [0.15, 0.2) is 60.7 Å². The van der Waals surface area contributed by atoms with Gasteiger partial charge in [-0.25, -0.2) is 0 Å². The molecule has 132 valence electrons. The van der Waals surface area contributed by atoms with Crippen molar-refractivity contribution < 1.29 is 0 Å². The van der Waals surface area contributed by atoms with Crippen molar-refractivity contribution in [2.24, 2.45) is 0 Å². The summed E-state index contributed by atoms with van der Waals surface area (Å²) in [7, 11) is 0. The summed E-state index contributed by atoms with van der Waals surface area (Å²) in [6.07, 6.45) is 0. The molecule has 4 aromatic rings. The molecule has 0 amide bonds. The van der Waals surface area contributed by atoms with Crippen molar-refractivity contribution in [1.82, 2.24) is 0 Å². The minimum Gasteiger partial charge on any atom is -0.0616 e. The van der Waals surface area contributed by atoms with Gasteiger partial charge in [0.1, 0.15) is 0 Å². The van der Waals surface area contributed by atoms with Gasteiger partial charge < -0.3 is 0 Å². The summed E-state index contributed by atoms with van der Waals surface area (Å²) in [6.45, 7) is 14.0. The fourth-order valence-electron chi connectivity index (χ4n) is 4.40. The third-order valence-electron chi connectivity index (χ3n) is 5.47. The highest BCUT2D eigenvalue weighted by Gasteiger charge is 2.28. The van der Waals surface area contributed by atoms with Gasteiger partial charge in [-0.15, -0.1) is 0 Å². The minimum atomic E-state index is 0.0767. The largest absolute Gasteiger partial charge is 0.0616 e. The van der Waals surface area contributed by atoms with Gasteiger partial charge in [0.05, 0.1) is 0 Å². The molecule has 0 aliphatic rings. The van der Waals surface area contributed by atoms with Gasteiger partial charge in [0, 0.05) is 0 Å². The van der Waals surface area contributed by atoms with Crippen molar-refractivity contribution in [3.05, 3.63) is 71.8 Å². The standard InChI is InChI=1S/C26H28/c1-25(2,3)22-16-15-21-19-13-8-7-11-17(19)18-12-9-10-14-20(18)23(21)24(22)26(4,5)6/h7-16H,1-6H3. The lowest BCUT2D eigenvalue weighted by molar-refractivity contribution is 0.535. The molecule has 4 rings (SSSR count). The molecule has 0 fully saturated rings. The molecule has 0 spiro atoms. The van der Waals surface area contributed by atoms with Gasteiger partial charge in [-0.3, -0.25) is 0 Å². The van der Waals surface area contributed by atoms with Crippen molar-refractivity contribution in [2.45, 2.75) is 52.4 Å². The molecular formula is C26H28. The van der Waals surface area contributed by atoms with E-state index < -0.39 is 0 Å². The molecule has 0 aliphatic heterocycles. The Kier molecular flexibility index (Phi) is 3.67. The van der Waals surface area contributed by atoms with Gasteiger partial charge in [0.15, 0.2) is 0 Å². The lowest BCUT2D eigenvalue weighted by Crippen LogP contribution is -2.22. The summed E-state index contributed by atoms with van der Waals surface area (Å²) in [6, 6.07) is 22.4. The third-order valence-corrected chi connectivity index (χ3v) is 5.47. The number of rotatable bonds is 0. The van der Waals surface area contributed by atoms with Crippen LogP contribution in [0.4, 0.5) is 0 Å². The molecule has 0 atom stereocenters. The van der Waals surface area contributed by atoms with Crippen molar-refractivity contribution in [3.8, 4) is 0 Å². The van der Waals surface area contributed by atoms with Gasteiger partial charge >= 0.3 is 0 Å². The molecule has 26 heavy (non-hydrogen) atoms. The second-order valence-electron chi connectivity index (χ2n) is 9.50. The monoisotopic (exact) mass is 340 g/mol. The first kappa shape index (κ1) is 17.1. The van der Waals surface area contributed by atoms with Gasteiger partial charge in [0.2, 0.25) is 0 Å². The van der Waals surface area contributed by atoms with Crippen LogP contribution in [0.1, 0.15) is 52.7 Å². The van der Waals surface area contributed by atoms with Crippen LogP contribution >= 0.6 is 0 Å². The third kappa shape index (κ3) is 2.51.